The number of hydrazine groups is 1. The molecule has 164 valence electrons. The molecule has 0 saturated carbocycles. The summed E-state index contributed by atoms with van der Waals surface area (Å²) in [5, 5.41) is 2.85. The minimum absolute atomic E-state index is 0.197. The molecule has 3 rings (SSSR count). The molecule has 0 radical (unpaired) electrons. The van der Waals surface area contributed by atoms with Crippen LogP contribution in [0.2, 0.25) is 0 Å². The number of ether oxygens (including phenoxy) is 1. The van der Waals surface area contributed by atoms with E-state index in [2.05, 4.69) is 5.32 Å². The van der Waals surface area contributed by atoms with E-state index in [4.69, 9.17) is 4.74 Å². The van der Waals surface area contributed by atoms with Crippen molar-refractivity contribution >= 4 is 23.5 Å². The summed E-state index contributed by atoms with van der Waals surface area (Å²) in [4.78, 5) is 36.9. The molecule has 1 heterocycles. The zero-order valence-corrected chi connectivity index (χ0v) is 16.5. The Morgan fingerprint density at radius 1 is 1.03 bits per heavy atom. The zero-order chi connectivity index (χ0) is 22.2. The van der Waals surface area contributed by atoms with Gasteiger partial charge in [0, 0.05) is 30.8 Å². The maximum absolute atomic E-state index is 12.5. The van der Waals surface area contributed by atoms with Gasteiger partial charge < -0.3 is 15.0 Å². The van der Waals surface area contributed by atoms with Crippen LogP contribution in [0.4, 0.5) is 19.3 Å². The van der Waals surface area contributed by atoms with Crippen LogP contribution in [0.5, 0.6) is 0 Å². The number of alkyl halides is 2. The lowest BCUT2D eigenvalue weighted by Crippen LogP contribution is -2.48. The van der Waals surface area contributed by atoms with Gasteiger partial charge in [-0.25, -0.2) is 4.79 Å². The van der Waals surface area contributed by atoms with Gasteiger partial charge in [-0.15, -0.1) is 0 Å². The van der Waals surface area contributed by atoms with Gasteiger partial charge in [-0.1, -0.05) is 30.3 Å². The number of nitrogens with one attached hydrogen (secondary N) is 3. The van der Waals surface area contributed by atoms with E-state index < -0.39 is 18.2 Å². The first-order chi connectivity index (χ1) is 14.9. The number of hydrogen-bond acceptors (Lipinski definition) is 4. The molecular formula is C21H22F2N4O4. The van der Waals surface area contributed by atoms with E-state index in [0.717, 1.165) is 5.56 Å². The Hall–Kier alpha value is -3.53. The lowest BCUT2D eigenvalue weighted by Gasteiger charge is -2.33. The number of amides is 4. The van der Waals surface area contributed by atoms with Crippen molar-refractivity contribution in [2.45, 2.75) is 19.0 Å². The van der Waals surface area contributed by atoms with Crippen LogP contribution < -0.4 is 16.2 Å². The van der Waals surface area contributed by atoms with Crippen LogP contribution in [-0.4, -0.2) is 55.0 Å². The van der Waals surface area contributed by atoms with Crippen molar-refractivity contribution in [3.05, 3.63) is 65.7 Å². The third-order valence-corrected chi connectivity index (χ3v) is 4.63. The Morgan fingerprint density at radius 3 is 2.42 bits per heavy atom. The van der Waals surface area contributed by atoms with Crippen molar-refractivity contribution in [3.8, 4) is 0 Å². The number of carbonyl (C=O) groups is 3. The van der Waals surface area contributed by atoms with Crippen LogP contribution in [0.25, 0.3) is 0 Å². The van der Waals surface area contributed by atoms with Gasteiger partial charge in [0.15, 0.2) is 0 Å². The van der Waals surface area contributed by atoms with Gasteiger partial charge in [0.05, 0.1) is 12.7 Å². The van der Waals surface area contributed by atoms with Crippen LogP contribution in [-0.2, 0) is 16.0 Å². The van der Waals surface area contributed by atoms with E-state index >= 15 is 0 Å². The molecule has 2 aromatic rings. The highest BCUT2D eigenvalue weighted by atomic mass is 19.3. The molecule has 0 aromatic heterocycles. The maximum Gasteiger partial charge on any atom is 0.322 e. The SMILES string of the molecule is O=C(NNC(=O)C(F)F)c1ccc(CC2CN(C(=O)Nc3ccccc3)CCO2)cc1. The van der Waals surface area contributed by atoms with Gasteiger partial charge in [-0.05, 0) is 29.8 Å². The number of benzene rings is 2. The molecule has 0 aliphatic carbocycles. The lowest BCUT2D eigenvalue weighted by atomic mass is 10.0. The number of para-hydroxylation sites is 1. The molecule has 4 amide bonds. The third-order valence-electron chi connectivity index (χ3n) is 4.63. The van der Waals surface area contributed by atoms with Gasteiger partial charge in [0.2, 0.25) is 0 Å². The molecule has 1 saturated heterocycles. The van der Waals surface area contributed by atoms with E-state index in [-0.39, 0.29) is 17.7 Å². The van der Waals surface area contributed by atoms with Crippen molar-refractivity contribution < 1.29 is 27.9 Å². The highest BCUT2D eigenvalue weighted by molar-refractivity contribution is 5.95. The average Bonchev–Trinajstić information content (AvgIpc) is 2.78. The topological polar surface area (TPSA) is 99.8 Å². The average molecular weight is 432 g/mol. The van der Waals surface area contributed by atoms with Crippen LogP contribution >= 0.6 is 0 Å². The van der Waals surface area contributed by atoms with Crippen molar-refractivity contribution in [1.82, 2.24) is 15.8 Å². The molecule has 0 spiro atoms. The largest absolute Gasteiger partial charge is 0.374 e. The summed E-state index contributed by atoms with van der Waals surface area (Å²) in [6.07, 6.45) is -2.90. The standard InChI is InChI=1S/C21H22F2N4O4/c22-18(23)20(29)26-25-19(28)15-8-6-14(7-9-15)12-17-13-27(10-11-31-17)21(30)24-16-4-2-1-3-5-16/h1-9,17-18H,10-13H2,(H,24,30)(H,25,28)(H,26,29). The predicted octanol–water partition coefficient (Wildman–Crippen LogP) is 2.19. The zero-order valence-electron chi connectivity index (χ0n) is 16.5. The molecule has 0 bridgehead atoms. The molecular weight excluding hydrogens is 410 g/mol. The van der Waals surface area contributed by atoms with Gasteiger partial charge in [-0.2, -0.15) is 8.78 Å². The fraction of sp³-hybridized carbons (Fsp3) is 0.286. The number of carbonyl (C=O) groups excluding carboxylic acids is 3. The molecule has 2 aromatic carbocycles. The fourth-order valence-electron chi connectivity index (χ4n) is 3.05. The number of rotatable bonds is 5. The van der Waals surface area contributed by atoms with Gasteiger partial charge in [0.1, 0.15) is 0 Å². The van der Waals surface area contributed by atoms with E-state index in [9.17, 15) is 23.2 Å². The second kappa shape index (κ2) is 10.5. The number of urea groups is 1. The van der Waals surface area contributed by atoms with Crippen LogP contribution in [0.3, 0.4) is 0 Å². The Bertz CT molecular complexity index is 909. The Kier molecular flexibility index (Phi) is 7.50. The third kappa shape index (κ3) is 6.48. The smallest absolute Gasteiger partial charge is 0.322 e. The first kappa shape index (κ1) is 22.2. The van der Waals surface area contributed by atoms with Gasteiger partial charge in [-0.3, -0.25) is 20.4 Å². The first-order valence-electron chi connectivity index (χ1n) is 9.62. The quantitative estimate of drug-likeness (QED) is 0.631. The van der Waals surface area contributed by atoms with Crippen molar-refractivity contribution in [3.63, 3.8) is 0 Å². The highest BCUT2D eigenvalue weighted by Gasteiger charge is 2.24. The molecule has 1 unspecified atom stereocenters. The first-order valence-corrected chi connectivity index (χ1v) is 9.62. The second-order valence-electron chi connectivity index (χ2n) is 6.88. The van der Waals surface area contributed by atoms with Gasteiger partial charge in [0.25, 0.3) is 5.91 Å². The van der Waals surface area contributed by atoms with Crippen molar-refractivity contribution in [2.75, 3.05) is 25.0 Å². The molecule has 1 fully saturated rings. The molecule has 8 nitrogen and oxygen atoms in total. The van der Waals surface area contributed by atoms with E-state index in [1.807, 2.05) is 35.8 Å². The summed E-state index contributed by atoms with van der Waals surface area (Å²) in [6, 6.07) is 15.4. The summed E-state index contributed by atoms with van der Waals surface area (Å²) in [5.74, 6) is -2.29. The maximum atomic E-state index is 12.5. The molecule has 1 atom stereocenters. The predicted molar refractivity (Wildman–Crippen MR) is 109 cm³/mol. The molecule has 10 heteroatoms. The minimum Gasteiger partial charge on any atom is -0.374 e. The normalized spacial score (nSPS) is 16.0. The highest BCUT2D eigenvalue weighted by Crippen LogP contribution is 2.15. The minimum atomic E-state index is -3.22. The monoisotopic (exact) mass is 432 g/mol. The summed E-state index contributed by atoms with van der Waals surface area (Å²) in [5.41, 5.74) is 5.36. The summed E-state index contributed by atoms with van der Waals surface area (Å²) >= 11 is 0. The Labute approximate surface area is 177 Å². The Balaban J connectivity index is 1.50. The van der Waals surface area contributed by atoms with Gasteiger partial charge >= 0.3 is 18.4 Å². The lowest BCUT2D eigenvalue weighted by molar-refractivity contribution is -0.132. The second-order valence-corrected chi connectivity index (χ2v) is 6.88. The Morgan fingerprint density at radius 2 is 1.74 bits per heavy atom. The van der Waals surface area contributed by atoms with Crippen molar-refractivity contribution in [2.24, 2.45) is 0 Å². The van der Waals surface area contributed by atoms with E-state index in [1.54, 1.807) is 22.5 Å². The fourth-order valence-corrected chi connectivity index (χ4v) is 3.05. The molecule has 31 heavy (non-hydrogen) atoms. The summed E-state index contributed by atoms with van der Waals surface area (Å²) in [6.45, 7) is 1.32. The molecule has 1 aliphatic heterocycles. The molecule has 1 aliphatic rings. The van der Waals surface area contributed by atoms with Crippen molar-refractivity contribution in [1.29, 1.82) is 0 Å². The molecule has 3 N–H and O–H groups in total. The number of anilines is 1. The van der Waals surface area contributed by atoms with E-state index in [0.29, 0.717) is 31.8 Å². The number of halogens is 2. The number of morpholine rings is 1. The van der Waals surface area contributed by atoms with E-state index in [1.165, 1.54) is 12.1 Å². The van der Waals surface area contributed by atoms with Crippen LogP contribution in [0.15, 0.2) is 54.6 Å². The van der Waals surface area contributed by atoms with Crippen LogP contribution in [0, 0.1) is 0 Å². The number of hydrogen-bond donors (Lipinski definition) is 3. The number of nitrogens with zero attached hydrogens (tertiary/aromatic N) is 1. The van der Waals surface area contributed by atoms with Crippen LogP contribution in [0.1, 0.15) is 15.9 Å². The summed E-state index contributed by atoms with van der Waals surface area (Å²) < 4.78 is 30.0. The summed E-state index contributed by atoms with van der Waals surface area (Å²) in [7, 11) is 0.